The van der Waals surface area contributed by atoms with Crippen molar-refractivity contribution < 1.29 is 4.79 Å². The van der Waals surface area contributed by atoms with Gasteiger partial charge < -0.3 is 0 Å². The first-order valence-corrected chi connectivity index (χ1v) is 6.73. The Morgan fingerprint density at radius 3 is 2.58 bits per heavy atom. The van der Waals surface area contributed by atoms with Gasteiger partial charge in [-0.25, -0.2) is 0 Å². The Morgan fingerprint density at radius 1 is 1.50 bits per heavy atom. The number of rotatable bonds is 2. The number of benzene rings is 1. The molecular formula is C8H6Cl2OSe. The topological polar surface area (TPSA) is 17.1 Å². The van der Waals surface area contributed by atoms with Crippen LogP contribution in [-0.2, 0) is 0 Å². The van der Waals surface area contributed by atoms with Gasteiger partial charge in [-0.05, 0) is 0 Å². The molecule has 64 valence electrons. The molecule has 0 unspecified atom stereocenters. The molecule has 0 aliphatic carbocycles. The fraction of sp³-hybridized carbons (Fsp3) is 0.125. The van der Waals surface area contributed by atoms with Crippen molar-refractivity contribution in [3.63, 3.8) is 0 Å². The summed E-state index contributed by atoms with van der Waals surface area (Å²) in [5.74, 6) is 0. The van der Waals surface area contributed by atoms with E-state index in [1.54, 1.807) is 12.1 Å². The van der Waals surface area contributed by atoms with Gasteiger partial charge in [-0.3, -0.25) is 0 Å². The quantitative estimate of drug-likeness (QED) is 0.591. The first-order valence-electron chi connectivity index (χ1n) is 3.25. The van der Waals surface area contributed by atoms with Crippen LogP contribution in [-0.4, -0.2) is 19.3 Å². The van der Waals surface area contributed by atoms with Gasteiger partial charge in [-0.1, -0.05) is 0 Å². The molecule has 0 amide bonds. The van der Waals surface area contributed by atoms with E-state index in [0.29, 0.717) is 5.56 Å². The molecule has 1 rings (SSSR count). The fourth-order valence-electron chi connectivity index (χ4n) is 0.910. The van der Waals surface area contributed by atoms with E-state index in [1.807, 2.05) is 13.0 Å². The van der Waals surface area contributed by atoms with E-state index in [0.717, 1.165) is 10.0 Å². The van der Waals surface area contributed by atoms with E-state index in [9.17, 15) is 4.79 Å². The summed E-state index contributed by atoms with van der Waals surface area (Å²) < 4.78 is 0.881. The van der Waals surface area contributed by atoms with E-state index < -0.39 is 5.24 Å². The molecule has 0 aromatic heterocycles. The molecule has 12 heavy (non-hydrogen) atoms. The van der Waals surface area contributed by atoms with E-state index in [1.165, 1.54) is 0 Å². The molecule has 1 aromatic carbocycles. The summed E-state index contributed by atoms with van der Waals surface area (Å²) in [4.78, 5) is 10.9. The summed E-state index contributed by atoms with van der Waals surface area (Å²) in [6.45, 7) is 1.92. The zero-order valence-electron chi connectivity index (χ0n) is 6.30. The van der Waals surface area contributed by atoms with Crippen molar-refractivity contribution in [2.75, 3.05) is 0 Å². The van der Waals surface area contributed by atoms with Crippen molar-refractivity contribution in [3.8, 4) is 0 Å². The third kappa shape index (κ3) is 2.02. The van der Waals surface area contributed by atoms with Crippen molar-refractivity contribution >= 4 is 45.4 Å². The summed E-state index contributed by atoms with van der Waals surface area (Å²) >= 11 is 5.17. The zero-order chi connectivity index (χ0) is 9.14. The molecule has 0 atom stereocenters. The number of aryl methyl sites for hydroxylation is 1. The molecule has 0 spiro atoms. The summed E-state index contributed by atoms with van der Waals surface area (Å²) in [5, 5.41) is -0.434. The van der Waals surface area contributed by atoms with Crippen molar-refractivity contribution in [1.29, 1.82) is 0 Å². The van der Waals surface area contributed by atoms with Crippen LogP contribution in [0, 0.1) is 6.92 Å². The second kappa shape index (κ2) is 4.29. The molecule has 0 bridgehead atoms. The Labute approximate surface area is 86.4 Å². The van der Waals surface area contributed by atoms with Gasteiger partial charge in [0.15, 0.2) is 0 Å². The van der Waals surface area contributed by atoms with Gasteiger partial charge in [0.1, 0.15) is 0 Å². The van der Waals surface area contributed by atoms with Crippen LogP contribution in [0.4, 0.5) is 0 Å². The van der Waals surface area contributed by atoms with Crippen molar-refractivity contribution in [2.24, 2.45) is 0 Å². The fourth-order valence-corrected chi connectivity index (χ4v) is 3.17. The van der Waals surface area contributed by atoms with E-state index in [4.69, 9.17) is 21.7 Å². The molecule has 0 aliphatic rings. The Balaban J connectivity index is 3.27. The van der Waals surface area contributed by atoms with Crippen LogP contribution < -0.4 is 4.46 Å². The number of hydrogen-bond donors (Lipinski definition) is 0. The van der Waals surface area contributed by atoms with E-state index in [-0.39, 0.29) is 14.0 Å². The molecule has 0 saturated heterocycles. The molecule has 0 saturated carbocycles. The summed E-state index contributed by atoms with van der Waals surface area (Å²) in [7, 11) is 5.73. The van der Waals surface area contributed by atoms with E-state index >= 15 is 0 Å². The maximum absolute atomic E-state index is 10.9. The van der Waals surface area contributed by atoms with Crippen molar-refractivity contribution in [3.05, 3.63) is 29.3 Å². The Bertz CT molecular complexity index is 312. The molecule has 4 heteroatoms. The molecule has 1 nitrogen and oxygen atoms in total. The predicted molar refractivity (Wildman–Crippen MR) is 52.6 cm³/mol. The standard InChI is InChI=1S/C8H6Cl2OSe/c1-5-3-2-4-6(8(9)11)7(5)12-10/h2-4H,1H3. The third-order valence-electron chi connectivity index (χ3n) is 1.50. The molecule has 0 heterocycles. The summed E-state index contributed by atoms with van der Waals surface area (Å²) in [5.41, 5.74) is 1.56. The van der Waals surface area contributed by atoms with Crippen LogP contribution in [0.1, 0.15) is 15.9 Å². The third-order valence-corrected chi connectivity index (χ3v) is 3.97. The van der Waals surface area contributed by atoms with Gasteiger partial charge >= 0.3 is 86.5 Å². The first kappa shape index (κ1) is 10.1. The monoisotopic (exact) mass is 268 g/mol. The van der Waals surface area contributed by atoms with Crippen molar-refractivity contribution in [2.45, 2.75) is 6.92 Å². The van der Waals surface area contributed by atoms with Gasteiger partial charge in [0.25, 0.3) is 0 Å². The summed E-state index contributed by atoms with van der Waals surface area (Å²) in [6, 6.07) is 5.42. The van der Waals surface area contributed by atoms with Gasteiger partial charge in [0.2, 0.25) is 0 Å². The normalized spacial score (nSPS) is 9.92. The van der Waals surface area contributed by atoms with E-state index in [2.05, 4.69) is 0 Å². The molecular weight excluding hydrogens is 262 g/mol. The summed E-state index contributed by atoms with van der Waals surface area (Å²) in [6.07, 6.45) is 0. The molecule has 0 radical (unpaired) electrons. The minimum absolute atomic E-state index is 0.203. The van der Waals surface area contributed by atoms with Crippen LogP contribution >= 0.6 is 21.7 Å². The number of halogens is 2. The van der Waals surface area contributed by atoms with Crippen LogP contribution in [0.2, 0.25) is 0 Å². The Morgan fingerprint density at radius 2 is 2.17 bits per heavy atom. The van der Waals surface area contributed by atoms with Gasteiger partial charge in [-0.2, -0.15) is 0 Å². The second-order valence-corrected chi connectivity index (χ2v) is 4.63. The number of hydrogen-bond acceptors (Lipinski definition) is 1. The second-order valence-electron chi connectivity index (χ2n) is 2.30. The molecule has 0 fully saturated rings. The van der Waals surface area contributed by atoms with Gasteiger partial charge in [0.05, 0.1) is 0 Å². The Hall–Kier alpha value is -0.0105. The van der Waals surface area contributed by atoms with Gasteiger partial charge in [0, 0.05) is 0 Å². The average Bonchev–Trinajstić information content (AvgIpc) is 2.03. The van der Waals surface area contributed by atoms with Crippen molar-refractivity contribution in [1.82, 2.24) is 0 Å². The molecule has 1 aromatic rings. The first-order chi connectivity index (χ1) is 5.66. The SMILES string of the molecule is Cc1cccc(C(=O)Cl)c1[Se]Cl. The zero-order valence-corrected chi connectivity index (χ0v) is 9.53. The van der Waals surface area contributed by atoms with Gasteiger partial charge in [-0.15, -0.1) is 0 Å². The maximum atomic E-state index is 10.9. The van der Waals surface area contributed by atoms with Crippen LogP contribution in [0.5, 0.6) is 0 Å². The van der Waals surface area contributed by atoms with Crippen LogP contribution in [0.3, 0.4) is 0 Å². The van der Waals surface area contributed by atoms with Crippen LogP contribution in [0.25, 0.3) is 0 Å². The van der Waals surface area contributed by atoms with Crippen LogP contribution in [0.15, 0.2) is 18.2 Å². The number of carbonyl (C=O) groups excluding carboxylic acids is 1. The molecule has 0 aliphatic heterocycles. The Kier molecular flexibility index (Phi) is 3.60. The number of carbonyl (C=O) groups is 1. The minimum atomic E-state index is -0.434. The average molecular weight is 268 g/mol. The molecule has 0 N–H and O–H groups in total. The predicted octanol–water partition coefficient (Wildman–Crippen LogP) is 1.86.